The van der Waals surface area contributed by atoms with Gasteiger partial charge in [-0.1, -0.05) is 0 Å². The van der Waals surface area contributed by atoms with E-state index >= 15 is 0 Å². The molecule has 1 fully saturated rings. The highest BCUT2D eigenvalue weighted by molar-refractivity contribution is 6.00. The van der Waals surface area contributed by atoms with Gasteiger partial charge in [0.1, 0.15) is 5.84 Å². The molecule has 4 rings (SSSR count). The van der Waals surface area contributed by atoms with Gasteiger partial charge < -0.3 is 26.6 Å². The summed E-state index contributed by atoms with van der Waals surface area (Å²) in [5.74, 6) is 6.47. The predicted molar refractivity (Wildman–Crippen MR) is 97.1 cm³/mol. The van der Waals surface area contributed by atoms with E-state index in [0.717, 1.165) is 41.0 Å². The average molecular weight is 323 g/mol. The maximum absolute atomic E-state index is 5.82. The summed E-state index contributed by atoms with van der Waals surface area (Å²) in [6, 6.07) is 10.4. The second-order valence-electron chi connectivity index (χ2n) is 6.12. The van der Waals surface area contributed by atoms with E-state index in [0.29, 0.717) is 11.9 Å². The lowest BCUT2D eigenvalue weighted by Gasteiger charge is -2.14. The van der Waals surface area contributed by atoms with Crippen LogP contribution in [0.4, 0.5) is 5.82 Å². The number of hydrogen-bond acceptors (Lipinski definition) is 5. The van der Waals surface area contributed by atoms with Gasteiger partial charge in [0.25, 0.3) is 0 Å². The lowest BCUT2D eigenvalue weighted by atomic mass is 10.1. The third-order valence-electron chi connectivity index (χ3n) is 4.57. The van der Waals surface area contributed by atoms with Gasteiger partial charge in [-0.15, -0.1) is 0 Å². The Morgan fingerprint density at radius 3 is 3.08 bits per heavy atom. The van der Waals surface area contributed by atoms with Crippen molar-refractivity contribution in [3.63, 3.8) is 0 Å². The molecule has 0 radical (unpaired) electrons. The van der Waals surface area contributed by atoms with Crippen LogP contribution in [0.2, 0.25) is 0 Å². The van der Waals surface area contributed by atoms with Crippen LogP contribution in [0.25, 0.3) is 16.6 Å². The van der Waals surface area contributed by atoms with E-state index < -0.39 is 0 Å². The van der Waals surface area contributed by atoms with Gasteiger partial charge in [-0.05, 0) is 49.7 Å². The molecule has 0 aliphatic carbocycles. The summed E-state index contributed by atoms with van der Waals surface area (Å²) in [7, 11) is 0. The first-order valence-electron chi connectivity index (χ1n) is 8.18. The van der Waals surface area contributed by atoms with Gasteiger partial charge in [0.2, 0.25) is 0 Å². The molecule has 3 aromatic rings. The number of fused-ring (bicyclic) bond motifs is 3. The molecule has 1 aromatic carbocycles. The van der Waals surface area contributed by atoms with Gasteiger partial charge in [0.05, 0.1) is 16.6 Å². The Bertz CT molecular complexity index is 906. The lowest BCUT2D eigenvalue weighted by Crippen LogP contribution is -2.29. The standard InChI is InChI=1S/C17H21N7/c18-16(23-19)11-5-6-14-13(9-11)22-17(15-4-2-8-24(14)15)21-10-12-3-1-7-20-12/h2,4-6,8-9,12,20H,1,3,7,10,19H2,(H2,18,23)(H,21,22). The Morgan fingerprint density at radius 1 is 1.38 bits per heavy atom. The van der Waals surface area contributed by atoms with Gasteiger partial charge in [0, 0.05) is 24.3 Å². The molecule has 1 saturated heterocycles. The fraction of sp³-hybridized carbons (Fsp3) is 0.294. The van der Waals surface area contributed by atoms with Gasteiger partial charge in [0.15, 0.2) is 5.82 Å². The molecule has 1 aliphatic heterocycles. The summed E-state index contributed by atoms with van der Waals surface area (Å²) in [5.41, 5.74) is 9.53. The number of aromatic nitrogens is 2. The van der Waals surface area contributed by atoms with E-state index in [1.807, 2.05) is 30.5 Å². The Hall–Kier alpha value is -2.80. The van der Waals surface area contributed by atoms with Crippen molar-refractivity contribution in [3.8, 4) is 0 Å². The van der Waals surface area contributed by atoms with E-state index in [1.165, 1.54) is 12.8 Å². The largest absolute Gasteiger partial charge is 0.382 e. The van der Waals surface area contributed by atoms with Gasteiger partial charge >= 0.3 is 0 Å². The van der Waals surface area contributed by atoms with Crippen molar-refractivity contribution in [2.45, 2.75) is 18.9 Å². The van der Waals surface area contributed by atoms with Crippen LogP contribution in [0.15, 0.2) is 41.6 Å². The van der Waals surface area contributed by atoms with Crippen LogP contribution in [0, 0.1) is 0 Å². The maximum Gasteiger partial charge on any atom is 0.151 e. The number of nitrogens with two attached hydrogens (primary N) is 2. The first-order chi connectivity index (χ1) is 11.8. The van der Waals surface area contributed by atoms with Crippen LogP contribution in [0.1, 0.15) is 18.4 Å². The van der Waals surface area contributed by atoms with Crippen molar-refractivity contribution in [3.05, 3.63) is 42.1 Å². The molecule has 1 atom stereocenters. The average Bonchev–Trinajstić information content (AvgIpc) is 3.30. The number of nitrogens with zero attached hydrogens (tertiary/aromatic N) is 3. The monoisotopic (exact) mass is 323 g/mol. The molecule has 7 nitrogen and oxygen atoms in total. The Morgan fingerprint density at radius 2 is 2.29 bits per heavy atom. The minimum absolute atomic E-state index is 0.302. The Kier molecular flexibility index (Phi) is 3.70. The molecule has 0 amide bonds. The number of nitrogens with one attached hydrogen (secondary N) is 2. The third-order valence-corrected chi connectivity index (χ3v) is 4.57. The maximum atomic E-state index is 5.82. The van der Waals surface area contributed by atoms with Crippen LogP contribution in [0.3, 0.4) is 0 Å². The third kappa shape index (κ3) is 2.52. The predicted octanol–water partition coefficient (Wildman–Crippen LogP) is 1.23. The highest BCUT2D eigenvalue weighted by Gasteiger charge is 2.15. The fourth-order valence-corrected chi connectivity index (χ4v) is 3.29. The molecule has 1 unspecified atom stereocenters. The number of hydrazone groups is 1. The highest BCUT2D eigenvalue weighted by atomic mass is 15.2. The minimum atomic E-state index is 0.302. The minimum Gasteiger partial charge on any atom is -0.382 e. The zero-order valence-electron chi connectivity index (χ0n) is 13.4. The van der Waals surface area contributed by atoms with Crippen molar-refractivity contribution in [1.82, 2.24) is 14.7 Å². The van der Waals surface area contributed by atoms with Crippen molar-refractivity contribution >= 4 is 28.2 Å². The molecule has 0 bridgehead atoms. The quantitative estimate of drug-likeness (QED) is 0.250. The SMILES string of the molecule is N/N=C(\N)c1ccc2c(c1)nc(NCC1CCCN1)c1cccn12. The van der Waals surface area contributed by atoms with Crippen LogP contribution in [-0.4, -0.2) is 34.4 Å². The molecule has 0 saturated carbocycles. The molecule has 3 heterocycles. The molecule has 2 aromatic heterocycles. The summed E-state index contributed by atoms with van der Waals surface area (Å²) >= 11 is 0. The molecule has 24 heavy (non-hydrogen) atoms. The summed E-state index contributed by atoms with van der Waals surface area (Å²) in [4.78, 5) is 4.80. The number of benzene rings is 1. The Balaban J connectivity index is 1.77. The van der Waals surface area contributed by atoms with E-state index in [9.17, 15) is 0 Å². The molecular formula is C17H21N7. The van der Waals surface area contributed by atoms with Crippen molar-refractivity contribution < 1.29 is 0 Å². The van der Waals surface area contributed by atoms with Crippen molar-refractivity contribution in [2.75, 3.05) is 18.4 Å². The number of amidine groups is 1. The summed E-state index contributed by atoms with van der Waals surface area (Å²) in [6.45, 7) is 1.96. The first kappa shape index (κ1) is 14.8. The smallest absolute Gasteiger partial charge is 0.151 e. The van der Waals surface area contributed by atoms with Gasteiger partial charge in [-0.3, -0.25) is 0 Å². The summed E-state index contributed by atoms with van der Waals surface area (Å²) in [5, 5.41) is 10.5. The lowest BCUT2D eigenvalue weighted by molar-refractivity contribution is 0.633. The molecule has 7 heteroatoms. The van der Waals surface area contributed by atoms with Gasteiger partial charge in [-0.2, -0.15) is 5.10 Å². The van der Waals surface area contributed by atoms with Crippen molar-refractivity contribution in [2.24, 2.45) is 16.7 Å². The van der Waals surface area contributed by atoms with E-state index in [2.05, 4.69) is 26.2 Å². The number of anilines is 1. The molecule has 6 N–H and O–H groups in total. The van der Waals surface area contributed by atoms with E-state index in [4.69, 9.17) is 16.6 Å². The van der Waals surface area contributed by atoms with E-state index in [1.54, 1.807) is 0 Å². The van der Waals surface area contributed by atoms with Crippen LogP contribution < -0.4 is 22.2 Å². The molecule has 124 valence electrons. The molecule has 0 spiro atoms. The summed E-state index contributed by atoms with van der Waals surface area (Å²) in [6.07, 6.45) is 4.48. The second-order valence-corrected chi connectivity index (χ2v) is 6.12. The number of hydrogen-bond donors (Lipinski definition) is 4. The second kappa shape index (κ2) is 6.01. The van der Waals surface area contributed by atoms with E-state index in [-0.39, 0.29) is 0 Å². The topological polar surface area (TPSA) is 106 Å². The highest BCUT2D eigenvalue weighted by Crippen LogP contribution is 2.23. The Labute approximate surface area is 139 Å². The number of rotatable bonds is 4. The van der Waals surface area contributed by atoms with Crippen molar-refractivity contribution in [1.29, 1.82) is 0 Å². The zero-order chi connectivity index (χ0) is 16.5. The molecule has 1 aliphatic rings. The molecular weight excluding hydrogens is 302 g/mol. The van der Waals surface area contributed by atoms with Crippen LogP contribution in [0.5, 0.6) is 0 Å². The zero-order valence-corrected chi connectivity index (χ0v) is 13.4. The normalized spacial score (nSPS) is 18.5. The first-order valence-corrected chi connectivity index (χ1v) is 8.18. The van der Waals surface area contributed by atoms with Crippen LogP contribution in [-0.2, 0) is 0 Å². The fourth-order valence-electron chi connectivity index (χ4n) is 3.29. The van der Waals surface area contributed by atoms with Crippen LogP contribution >= 0.6 is 0 Å². The van der Waals surface area contributed by atoms with Gasteiger partial charge in [-0.25, -0.2) is 4.98 Å². The summed E-state index contributed by atoms with van der Waals surface area (Å²) < 4.78 is 2.13.